The number of hydrogen-bond donors (Lipinski definition) is 0. The Balaban J connectivity index is 0.00000289. The van der Waals surface area contributed by atoms with Crippen molar-refractivity contribution in [3.05, 3.63) is 35.9 Å². The number of carbonyl (C=O) groups is 1. The Bertz CT molecular complexity index is 326. The molecule has 0 aliphatic rings. The predicted octanol–water partition coefficient (Wildman–Crippen LogP) is 4.16. The van der Waals surface area contributed by atoms with Gasteiger partial charge in [0.1, 0.15) is 0 Å². The van der Waals surface area contributed by atoms with E-state index >= 15 is 0 Å². The third-order valence-electron chi connectivity index (χ3n) is 2.45. The normalized spacial score (nSPS) is 9.67. The van der Waals surface area contributed by atoms with Gasteiger partial charge in [0.15, 0.2) is 0 Å². The van der Waals surface area contributed by atoms with Gasteiger partial charge < -0.3 is 4.90 Å². The predicted molar refractivity (Wildman–Crippen MR) is 75.3 cm³/mol. The van der Waals surface area contributed by atoms with Crippen molar-refractivity contribution in [2.24, 2.45) is 0 Å². The minimum absolute atomic E-state index is 0. The fourth-order valence-electron chi connectivity index (χ4n) is 1.64. The second-order valence-electron chi connectivity index (χ2n) is 4.03. The van der Waals surface area contributed by atoms with Gasteiger partial charge in [-0.1, -0.05) is 55.9 Å². The number of nitrogens with zero attached hydrogens (tertiary/aromatic N) is 1. The van der Waals surface area contributed by atoms with Crippen molar-refractivity contribution < 1.29 is 24.3 Å². The maximum atomic E-state index is 12.0. The summed E-state index contributed by atoms with van der Waals surface area (Å²) in [4.78, 5) is 13.9. The summed E-state index contributed by atoms with van der Waals surface area (Å²) in [5, 5.41) is 0.206. The quantitative estimate of drug-likeness (QED) is 0.735. The molecule has 1 aromatic carbocycles. The molecule has 0 spiro atoms. The molecule has 18 heavy (non-hydrogen) atoms. The van der Waals surface area contributed by atoms with E-state index in [1.165, 1.54) is 17.3 Å². The Morgan fingerprint density at radius 1 is 1.11 bits per heavy atom. The monoisotopic (exact) mass is 315 g/mol. The minimum Gasteiger partial charge on any atom is -0.334 e. The second kappa shape index (κ2) is 10.6. The maximum absolute atomic E-state index is 12.0. The zero-order valence-corrected chi connectivity index (χ0v) is 15.2. The largest absolute Gasteiger partial charge is 0.334 e. The van der Waals surface area contributed by atoms with Crippen molar-refractivity contribution in [3.8, 4) is 0 Å². The molecule has 96 valence electrons. The van der Waals surface area contributed by atoms with Crippen LogP contribution in [0.25, 0.3) is 0 Å². The molecule has 0 heterocycles. The van der Waals surface area contributed by atoms with Gasteiger partial charge in [-0.2, -0.15) is 0 Å². The van der Waals surface area contributed by atoms with Crippen molar-refractivity contribution in [2.75, 3.05) is 13.1 Å². The summed E-state index contributed by atoms with van der Waals surface area (Å²) in [6.07, 6.45) is 2.05. The summed E-state index contributed by atoms with van der Waals surface area (Å²) in [7, 11) is 0. The molecule has 0 saturated heterocycles. The Morgan fingerprint density at radius 2 is 1.67 bits per heavy atom. The van der Waals surface area contributed by atoms with E-state index < -0.39 is 0 Å². The molecule has 0 saturated carbocycles. The third-order valence-corrected chi connectivity index (χ3v) is 3.43. The molecule has 0 fully saturated rings. The number of rotatable bonds is 6. The Hall–Kier alpha value is -0.337. The fourth-order valence-corrected chi connectivity index (χ4v) is 2.49. The van der Waals surface area contributed by atoms with Crippen LogP contribution in [0.4, 0.5) is 4.79 Å². The standard InChI is InChI=1S/C14H21NOS.Zn/c1-3-10-15(11-4-2)14(16)17-12-13-8-6-5-7-9-13;/h5-9H,3-4,10-12H2,1-2H3;. The Labute approximate surface area is 127 Å². The fraction of sp³-hybridized carbons (Fsp3) is 0.500. The zero-order chi connectivity index (χ0) is 12.5. The maximum Gasteiger partial charge on any atom is 0.281 e. The van der Waals surface area contributed by atoms with Crippen LogP contribution in [-0.2, 0) is 25.2 Å². The van der Waals surface area contributed by atoms with Crippen molar-refractivity contribution >= 4 is 17.0 Å². The Morgan fingerprint density at radius 3 is 2.17 bits per heavy atom. The molecule has 0 unspecified atom stereocenters. The molecule has 0 radical (unpaired) electrons. The molecule has 0 aliphatic carbocycles. The van der Waals surface area contributed by atoms with E-state index in [0.717, 1.165) is 31.7 Å². The van der Waals surface area contributed by atoms with Gasteiger partial charge in [-0.15, -0.1) is 0 Å². The van der Waals surface area contributed by atoms with Crippen LogP contribution in [0.1, 0.15) is 32.3 Å². The number of carbonyl (C=O) groups excluding carboxylic acids is 1. The first-order chi connectivity index (χ1) is 8.27. The molecular formula is C14H21NOSZn. The summed E-state index contributed by atoms with van der Waals surface area (Å²) in [6, 6.07) is 10.1. The molecule has 0 aliphatic heterocycles. The first-order valence-electron chi connectivity index (χ1n) is 6.23. The van der Waals surface area contributed by atoms with Crippen molar-refractivity contribution in [1.29, 1.82) is 0 Å². The number of hydrogen-bond acceptors (Lipinski definition) is 2. The molecule has 0 aromatic heterocycles. The van der Waals surface area contributed by atoms with E-state index in [0.29, 0.717) is 0 Å². The van der Waals surface area contributed by atoms with E-state index in [-0.39, 0.29) is 24.7 Å². The molecule has 0 N–H and O–H groups in total. The minimum atomic E-state index is 0. The average Bonchev–Trinajstić information content (AvgIpc) is 2.37. The zero-order valence-electron chi connectivity index (χ0n) is 11.4. The molecule has 1 amide bonds. The molecule has 1 rings (SSSR count). The van der Waals surface area contributed by atoms with Gasteiger partial charge in [-0.05, 0) is 18.4 Å². The first kappa shape index (κ1) is 17.7. The van der Waals surface area contributed by atoms with Crippen LogP contribution < -0.4 is 0 Å². The summed E-state index contributed by atoms with van der Waals surface area (Å²) < 4.78 is 0. The molecule has 0 atom stereocenters. The molecule has 2 nitrogen and oxygen atoms in total. The molecular weight excluding hydrogens is 296 g/mol. The molecule has 4 heteroatoms. The number of thioether (sulfide) groups is 1. The summed E-state index contributed by atoms with van der Waals surface area (Å²) >= 11 is 1.40. The van der Waals surface area contributed by atoms with Gasteiger partial charge in [-0.3, -0.25) is 4.79 Å². The summed E-state index contributed by atoms with van der Waals surface area (Å²) in [5.41, 5.74) is 1.21. The third kappa shape index (κ3) is 6.56. The number of benzene rings is 1. The van der Waals surface area contributed by atoms with Gasteiger partial charge in [0.05, 0.1) is 0 Å². The van der Waals surface area contributed by atoms with Crippen LogP contribution in [0.15, 0.2) is 30.3 Å². The van der Waals surface area contributed by atoms with Crippen molar-refractivity contribution in [3.63, 3.8) is 0 Å². The van der Waals surface area contributed by atoms with Crippen molar-refractivity contribution in [1.82, 2.24) is 4.90 Å². The van der Waals surface area contributed by atoms with E-state index in [1.807, 2.05) is 23.1 Å². The second-order valence-corrected chi connectivity index (χ2v) is 4.95. The van der Waals surface area contributed by atoms with Gasteiger partial charge in [0.2, 0.25) is 0 Å². The molecule has 1 aromatic rings. The van der Waals surface area contributed by atoms with Gasteiger partial charge in [0, 0.05) is 38.3 Å². The Kier molecular flexibility index (Phi) is 10.4. The van der Waals surface area contributed by atoms with Crippen molar-refractivity contribution in [2.45, 2.75) is 32.4 Å². The number of amides is 1. The SMILES string of the molecule is CCCN(CCC)C(=O)SCc1ccccc1.[Zn]. The van der Waals surface area contributed by atoms with Crippen LogP contribution in [-0.4, -0.2) is 23.2 Å². The van der Waals surface area contributed by atoms with E-state index in [4.69, 9.17) is 0 Å². The van der Waals surface area contributed by atoms with Gasteiger partial charge in [-0.25, -0.2) is 0 Å². The van der Waals surface area contributed by atoms with E-state index in [9.17, 15) is 4.79 Å². The van der Waals surface area contributed by atoms with E-state index in [2.05, 4.69) is 26.0 Å². The van der Waals surface area contributed by atoms with Crippen LogP contribution in [0.5, 0.6) is 0 Å². The summed E-state index contributed by atoms with van der Waals surface area (Å²) in [6.45, 7) is 5.96. The summed E-state index contributed by atoms with van der Waals surface area (Å²) in [5.74, 6) is 0.767. The van der Waals surface area contributed by atoms with Crippen LogP contribution in [0, 0.1) is 0 Å². The van der Waals surface area contributed by atoms with Gasteiger partial charge >= 0.3 is 0 Å². The van der Waals surface area contributed by atoms with Crippen LogP contribution in [0.2, 0.25) is 0 Å². The smallest absolute Gasteiger partial charge is 0.281 e. The van der Waals surface area contributed by atoms with Crippen LogP contribution in [0.3, 0.4) is 0 Å². The van der Waals surface area contributed by atoms with Crippen LogP contribution >= 0.6 is 11.8 Å². The first-order valence-corrected chi connectivity index (χ1v) is 7.22. The topological polar surface area (TPSA) is 20.3 Å². The average molecular weight is 317 g/mol. The van der Waals surface area contributed by atoms with E-state index in [1.54, 1.807) is 0 Å². The van der Waals surface area contributed by atoms with Gasteiger partial charge in [0.25, 0.3) is 5.24 Å². The molecule has 0 bridgehead atoms.